The smallest absolute Gasteiger partial charge is 0.338 e. The molecule has 0 fully saturated rings. The summed E-state index contributed by atoms with van der Waals surface area (Å²) < 4.78 is 11.5. The Bertz CT molecular complexity index is 676. The second kappa shape index (κ2) is 7.60. The van der Waals surface area contributed by atoms with Gasteiger partial charge in [-0.05, 0) is 43.3 Å². The summed E-state index contributed by atoms with van der Waals surface area (Å²) in [4.78, 5) is 23.1. The fraction of sp³-hybridized carbons (Fsp3) is 0.294. The zero-order valence-electron chi connectivity index (χ0n) is 13.2. The van der Waals surface area contributed by atoms with Gasteiger partial charge in [0.05, 0.1) is 19.3 Å². The van der Waals surface area contributed by atoms with Crippen LogP contribution in [0.4, 0.5) is 0 Å². The Labute approximate surface area is 134 Å². The molecule has 1 aromatic heterocycles. The fourth-order valence-electron chi connectivity index (χ4n) is 2.27. The van der Waals surface area contributed by atoms with Crippen molar-refractivity contribution in [2.24, 2.45) is 5.73 Å². The molecule has 1 heterocycles. The highest BCUT2D eigenvalue weighted by Crippen LogP contribution is 2.16. The Morgan fingerprint density at radius 3 is 2.52 bits per heavy atom. The number of nitrogens with zero attached hydrogens (tertiary/aromatic N) is 1. The molecule has 0 aliphatic heterocycles. The van der Waals surface area contributed by atoms with Gasteiger partial charge in [0.25, 0.3) is 0 Å². The molecule has 1 unspecified atom stereocenters. The van der Waals surface area contributed by atoms with E-state index in [9.17, 15) is 9.59 Å². The maximum absolute atomic E-state index is 11.7. The summed E-state index contributed by atoms with van der Waals surface area (Å²) in [5, 5.41) is 0. The van der Waals surface area contributed by atoms with Crippen molar-refractivity contribution in [2.75, 3.05) is 13.7 Å². The lowest BCUT2D eigenvalue weighted by Gasteiger charge is -2.13. The van der Waals surface area contributed by atoms with E-state index in [0.717, 1.165) is 11.4 Å². The number of nitrogens with two attached hydrogens (primary N) is 1. The average molecular weight is 316 g/mol. The molecule has 6 heteroatoms. The normalized spacial score (nSPS) is 11.8. The van der Waals surface area contributed by atoms with Crippen LogP contribution in [0, 0.1) is 0 Å². The van der Waals surface area contributed by atoms with Crippen molar-refractivity contribution in [1.29, 1.82) is 0 Å². The highest BCUT2D eigenvalue weighted by Gasteiger charge is 2.16. The first kappa shape index (κ1) is 16.8. The van der Waals surface area contributed by atoms with Gasteiger partial charge in [0.15, 0.2) is 0 Å². The Kier molecular flexibility index (Phi) is 5.54. The lowest BCUT2D eigenvalue weighted by Crippen LogP contribution is -2.34. The van der Waals surface area contributed by atoms with Crippen molar-refractivity contribution in [3.8, 4) is 5.69 Å². The van der Waals surface area contributed by atoms with E-state index in [-0.39, 0.29) is 5.97 Å². The SMILES string of the molecule is CCOC(=O)c1ccc(-n2cccc2CC(N)C(=O)OC)cc1. The van der Waals surface area contributed by atoms with Gasteiger partial charge >= 0.3 is 11.9 Å². The van der Waals surface area contributed by atoms with E-state index in [0.29, 0.717) is 18.6 Å². The summed E-state index contributed by atoms with van der Waals surface area (Å²) >= 11 is 0. The van der Waals surface area contributed by atoms with E-state index >= 15 is 0 Å². The lowest BCUT2D eigenvalue weighted by molar-refractivity contribution is -0.142. The Hall–Kier alpha value is -2.60. The van der Waals surface area contributed by atoms with Crippen molar-refractivity contribution < 1.29 is 19.1 Å². The number of aromatic nitrogens is 1. The van der Waals surface area contributed by atoms with Crippen LogP contribution >= 0.6 is 0 Å². The van der Waals surface area contributed by atoms with Gasteiger partial charge in [0, 0.05) is 24.0 Å². The molecule has 0 aliphatic carbocycles. The van der Waals surface area contributed by atoms with E-state index in [2.05, 4.69) is 4.74 Å². The summed E-state index contributed by atoms with van der Waals surface area (Å²) in [7, 11) is 1.31. The van der Waals surface area contributed by atoms with Gasteiger partial charge in [-0.3, -0.25) is 4.79 Å². The number of benzene rings is 1. The molecule has 0 saturated carbocycles. The molecule has 1 aromatic carbocycles. The van der Waals surface area contributed by atoms with Crippen LogP contribution in [0.3, 0.4) is 0 Å². The number of ether oxygens (including phenoxy) is 2. The van der Waals surface area contributed by atoms with Gasteiger partial charge in [0.1, 0.15) is 6.04 Å². The Balaban J connectivity index is 2.18. The van der Waals surface area contributed by atoms with Crippen LogP contribution in [0.25, 0.3) is 5.69 Å². The summed E-state index contributed by atoms with van der Waals surface area (Å²) in [6.45, 7) is 2.11. The predicted octanol–water partition coefficient (Wildman–Crippen LogP) is 1.70. The first-order valence-electron chi connectivity index (χ1n) is 7.34. The van der Waals surface area contributed by atoms with Gasteiger partial charge in [0.2, 0.25) is 0 Å². The van der Waals surface area contributed by atoms with Gasteiger partial charge in [-0.1, -0.05) is 0 Å². The zero-order chi connectivity index (χ0) is 16.8. The number of esters is 2. The maximum atomic E-state index is 11.7. The van der Waals surface area contributed by atoms with Gasteiger partial charge in [-0.25, -0.2) is 4.79 Å². The minimum atomic E-state index is -0.715. The van der Waals surface area contributed by atoms with Crippen LogP contribution in [0.2, 0.25) is 0 Å². The lowest BCUT2D eigenvalue weighted by atomic mass is 10.1. The van der Waals surface area contributed by atoms with E-state index in [4.69, 9.17) is 10.5 Å². The van der Waals surface area contributed by atoms with Crippen molar-refractivity contribution in [3.05, 3.63) is 53.9 Å². The second-order valence-electron chi connectivity index (χ2n) is 4.97. The zero-order valence-corrected chi connectivity index (χ0v) is 13.2. The van der Waals surface area contributed by atoms with Crippen molar-refractivity contribution in [2.45, 2.75) is 19.4 Å². The molecule has 2 aromatic rings. The molecule has 6 nitrogen and oxygen atoms in total. The molecule has 0 aliphatic rings. The van der Waals surface area contributed by atoms with E-state index in [1.54, 1.807) is 19.1 Å². The van der Waals surface area contributed by atoms with Crippen LogP contribution in [0.5, 0.6) is 0 Å². The predicted molar refractivity (Wildman–Crippen MR) is 85.4 cm³/mol. The average Bonchev–Trinajstić information content (AvgIpc) is 3.02. The van der Waals surface area contributed by atoms with E-state index < -0.39 is 12.0 Å². The number of hydrogen-bond acceptors (Lipinski definition) is 5. The summed E-state index contributed by atoms with van der Waals surface area (Å²) in [6, 6.07) is 10.1. The first-order chi connectivity index (χ1) is 11.1. The topological polar surface area (TPSA) is 83.5 Å². The molecule has 0 spiro atoms. The third kappa shape index (κ3) is 3.98. The number of hydrogen-bond donors (Lipinski definition) is 1. The largest absolute Gasteiger partial charge is 0.468 e. The second-order valence-corrected chi connectivity index (χ2v) is 4.97. The molecule has 1 atom stereocenters. The quantitative estimate of drug-likeness (QED) is 0.820. The van der Waals surface area contributed by atoms with Crippen LogP contribution in [-0.2, 0) is 20.7 Å². The van der Waals surface area contributed by atoms with Crippen molar-refractivity contribution in [3.63, 3.8) is 0 Å². The van der Waals surface area contributed by atoms with Crippen LogP contribution in [-0.4, -0.2) is 36.3 Å². The molecule has 0 saturated heterocycles. The van der Waals surface area contributed by atoms with E-state index in [1.807, 2.05) is 35.0 Å². The van der Waals surface area contributed by atoms with Crippen LogP contribution < -0.4 is 5.73 Å². The molecule has 0 bridgehead atoms. The Morgan fingerprint density at radius 1 is 1.22 bits per heavy atom. The number of carbonyl (C=O) groups is 2. The highest BCUT2D eigenvalue weighted by molar-refractivity contribution is 5.89. The molecular weight excluding hydrogens is 296 g/mol. The van der Waals surface area contributed by atoms with Crippen molar-refractivity contribution in [1.82, 2.24) is 4.57 Å². The summed E-state index contributed by atoms with van der Waals surface area (Å²) in [5.74, 6) is -0.796. The molecular formula is C17H20N2O4. The monoisotopic (exact) mass is 316 g/mol. The molecule has 0 amide bonds. The molecule has 122 valence electrons. The number of rotatable bonds is 6. The summed E-state index contributed by atoms with van der Waals surface area (Å²) in [5.41, 5.74) is 8.06. The first-order valence-corrected chi connectivity index (χ1v) is 7.34. The van der Waals surface area contributed by atoms with E-state index in [1.165, 1.54) is 7.11 Å². The van der Waals surface area contributed by atoms with Gasteiger partial charge in [-0.15, -0.1) is 0 Å². The minimum absolute atomic E-state index is 0.341. The molecule has 2 N–H and O–H groups in total. The summed E-state index contributed by atoms with van der Waals surface area (Å²) in [6.07, 6.45) is 2.23. The fourth-order valence-corrected chi connectivity index (χ4v) is 2.27. The van der Waals surface area contributed by atoms with Crippen molar-refractivity contribution >= 4 is 11.9 Å². The number of methoxy groups -OCH3 is 1. The van der Waals surface area contributed by atoms with Crippen LogP contribution in [0.15, 0.2) is 42.6 Å². The molecule has 2 rings (SSSR count). The molecule has 0 radical (unpaired) electrons. The Morgan fingerprint density at radius 2 is 1.91 bits per heavy atom. The van der Waals surface area contributed by atoms with Gasteiger partial charge < -0.3 is 19.8 Å². The van der Waals surface area contributed by atoms with Crippen LogP contribution in [0.1, 0.15) is 23.0 Å². The maximum Gasteiger partial charge on any atom is 0.338 e. The highest BCUT2D eigenvalue weighted by atomic mass is 16.5. The van der Waals surface area contributed by atoms with Gasteiger partial charge in [-0.2, -0.15) is 0 Å². The minimum Gasteiger partial charge on any atom is -0.468 e. The third-order valence-corrected chi connectivity index (χ3v) is 3.42. The molecule has 23 heavy (non-hydrogen) atoms. The number of carbonyl (C=O) groups excluding carboxylic acids is 2. The standard InChI is InChI=1S/C17H20N2O4/c1-3-23-16(20)12-6-8-13(9-7-12)19-10-4-5-14(19)11-15(18)17(21)22-2/h4-10,15H,3,11,18H2,1-2H3. The third-order valence-electron chi connectivity index (χ3n) is 3.42.